The van der Waals surface area contributed by atoms with Crippen molar-refractivity contribution >= 4 is 11.8 Å². The fourth-order valence-corrected chi connectivity index (χ4v) is 2.87. The van der Waals surface area contributed by atoms with E-state index >= 15 is 0 Å². The van der Waals surface area contributed by atoms with Crippen LogP contribution in [0.1, 0.15) is 43.7 Å². The van der Waals surface area contributed by atoms with Crippen molar-refractivity contribution in [1.29, 1.82) is 0 Å². The lowest BCUT2D eigenvalue weighted by Gasteiger charge is -2.34. The number of amides is 2. The van der Waals surface area contributed by atoms with Gasteiger partial charge in [-0.3, -0.25) is 9.59 Å². The number of benzene rings is 1. The van der Waals surface area contributed by atoms with Crippen LogP contribution in [0.15, 0.2) is 18.2 Å². The number of nitrogens with zero attached hydrogens (tertiary/aromatic N) is 1. The van der Waals surface area contributed by atoms with Crippen molar-refractivity contribution in [3.63, 3.8) is 0 Å². The molecule has 6 heteroatoms. The quantitative estimate of drug-likeness (QED) is 0.867. The summed E-state index contributed by atoms with van der Waals surface area (Å²) in [6.07, 6.45) is 2.91. The highest BCUT2D eigenvalue weighted by Gasteiger charge is 2.30. The Morgan fingerprint density at radius 2 is 2.17 bits per heavy atom. The van der Waals surface area contributed by atoms with E-state index in [1.165, 1.54) is 12.1 Å². The monoisotopic (exact) mass is 322 g/mol. The normalized spacial score (nSPS) is 17.9. The van der Waals surface area contributed by atoms with Gasteiger partial charge in [-0.2, -0.15) is 0 Å². The van der Waals surface area contributed by atoms with Crippen molar-refractivity contribution in [3.8, 4) is 0 Å². The molecule has 1 saturated heterocycles. The van der Waals surface area contributed by atoms with E-state index in [1.807, 2.05) is 0 Å². The number of halogens is 1. The van der Waals surface area contributed by atoms with E-state index in [0.717, 1.165) is 12.8 Å². The number of carbonyl (C=O) groups excluding carboxylic acids is 2. The van der Waals surface area contributed by atoms with Crippen LogP contribution in [0.5, 0.6) is 0 Å². The molecule has 2 N–H and O–H groups in total. The second-order valence-electron chi connectivity index (χ2n) is 5.75. The molecule has 0 aromatic heterocycles. The highest BCUT2D eigenvalue weighted by molar-refractivity contribution is 5.87. The average molecular weight is 322 g/mol. The number of aliphatic hydroxyl groups excluding tert-OH is 1. The molecule has 1 unspecified atom stereocenters. The molecule has 23 heavy (non-hydrogen) atoms. The van der Waals surface area contributed by atoms with Crippen molar-refractivity contribution in [2.75, 3.05) is 6.54 Å². The number of aliphatic hydroxyl groups is 1. The Morgan fingerprint density at radius 1 is 1.39 bits per heavy atom. The van der Waals surface area contributed by atoms with Gasteiger partial charge in [-0.1, -0.05) is 13.0 Å². The number of rotatable bonds is 5. The Bertz CT molecular complexity index is 577. The van der Waals surface area contributed by atoms with E-state index in [0.29, 0.717) is 24.9 Å². The van der Waals surface area contributed by atoms with E-state index in [4.69, 9.17) is 5.11 Å². The standard InChI is InChI=1S/C17H23FN2O3/c1-2-16(22)20-8-4-3-5-15(20)17(23)19-10-12-6-7-14(18)13(9-12)11-21/h6-7,9,15,21H,2-5,8,10-11H2,1H3,(H,19,23). The zero-order chi connectivity index (χ0) is 16.8. The van der Waals surface area contributed by atoms with Gasteiger partial charge >= 0.3 is 0 Å². The van der Waals surface area contributed by atoms with Crippen molar-refractivity contribution in [1.82, 2.24) is 10.2 Å². The third-order valence-corrected chi connectivity index (χ3v) is 4.18. The average Bonchev–Trinajstić information content (AvgIpc) is 2.60. The summed E-state index contributed by atoms with van der Waals surface area (Å²) >= 11 is 0. The van der Waals surface area contributed by atoms with Gasteiger partial charge in [0.1, 0.15) is 11.9 Å². The summed E-state index contributed by atoms with van der Waals surface area (Å²) < 4.78 is 13.3. The molecule has 0 aliphatic carbocycles. The zero-order valence-corrected chi connectivity index (χ0v) is 13.3. The first-order valence-corrected chi connectivity index (χ1v) is 8.02. The Hall–Kier alpha value is -1.95. The molecule has 2 amide bonds. The Kier molecular flexibility index (Phi) is 6.10. The number of hydrogen-bond donors (Lipinski definition) is 2. The molecule has 1 heterocycles. The van der Waals surface area contributed by atoms with Crippen LogP contribution in [0, 0.1) is 5.82 Å². The van der Waals surface area contributed by atoms with Crippen molar-refractivity contribution in [2.24, 2.45) is 0 Å². The fraction of sp³-hybridized carbons (Fsp3) is 0.529. The van der Waals surface area contributed by atoms with Gasteiger partial charge in [0.05, 0.1) is 6.61 Å². The van der Waals surface area contributed by atoms with Crippen LogP contribution in [0.3, 0.4) is 0 Å². The van der Waals surface area contributed by atoms with Crippen LogP contribution < -0.4 is 5.32 Å². The lowest BCUT2D eigenvalue weighted by Crippen LogP contribution is -2.51. The minimum absolute atomic E-state index is 0.00537. The summed E-state index contributed by atoms with van der Waals surface area (Å²) in [6.45, 7) is 2.28. The van der Waals surface area contributed by atoms with E-state index in [-0.39, 0.29) is 30.5 Å². The predicted octanol–water partition coefficient (Wildman–Crippen LogP) is 1.73. The largest absolute Gasteiger partial charge is 0.392 e. The van der Waals surface area contributed by atoms with Crippen LogP contribution in [0.25, 0.3) is 0 Å². The summed E-state index contributed by atoms with van der Waals surface area (Å²) in [5.74, 6) is -0.648. The topological polar surface area (TPSA) is 69.6 Å². The molecule has 0 bridgehead atoms. The summed E-state index contributed by atoms with van der Waals surface area (Å²) in [7, 11) is 0. The molecule has 2 rings (SSSR count). The van der Waals surface area contributed by atoms with Gasteiger partial charge in [-0.25, -0.2) is 4.39 Å². The van der Waals surface area contributed by atoms with Crippen LogP contribution >= 0.6 is 0 Å². The van der Waals surface area contributed by atoms with Crippen molar-refractivity contribution < 1.29 is 19.1 Å². The van der Waals surface area contributed by atoms with E-state index < -0.39 is 11.9 Å². The first-order chi connectivity index (χ1) is 11.1. The summed E-state index contributed by atoms with van der Waals surface area (Å²) in [5, 5.41) is 11.9. The lowest BCUT2D eigenvalue weighted by molar-refractivity contribution is -0.142. The maximum Gasteiger partial charge on any atom is 0.243 e. The van der Waals surface area contributed by atoms with E-state index in [9.17, 15) is 14.0 Å². The molecular weight excluding hydrogens is 299 g/mol. The van der Waals surface area contributed by atoms with E-state index in [2.05, 4.69) is 5.32 Å². The van der Waals surface area contributed by atoms with Gasteiger partial charge in [-0.15, -0.1) is 0 Å². The molecule has 1 aromatic rings. The molecule has 0 saturated carbocycles. The molecule has 1 fully saturated rings. The highest BCUT2D eigenvalue weighted by Crippen LogP contribution is 2.18. The Labute approximate surface area is 135 Å². The number of nitrogens with one attached hydrogen (secondary N) is 1. The molecule has 1 aliphatic heterocycles. The maximum absolute atomic E-state index is 13.3. The molecule has 1 aromatic carbocycles. The van der Waals surface area contributed by atoms with Crippen molar-refractivity contribution in [2.45, 2.75) is 51.8 Å². The summed E-state index contributed by atoms with van der Waals surface area (Å²) in [6, 6.07) is 3.96. The number of carbonyl (C=O) groups is 2. The fourth-order valence-electron chi connectivity index (χ4n) is 2.87. The zero-order valence-electron chi connectivity index (χ0n) is 13.3. The maximum atomic E-state index is 13.3. The molecule has 5 nitrogen and oxygen atoms in total. The molecule has 0 spiro atoms. The van der Waals surface area contributed by atoms with Crippen LogP contribution in [0.2, 0.25) is 0 Å². The minimum atomic E-state index is -0.463. The molecule has 1 atom stereocenters. The number of hydrogen-bond acceptors (Lipinski definition) is 3. The lowest BCUT2D eigenvalue weighted by atomic mass is 10.0. The SMILES string of the molecule is CCC(=O)N1CCCCC1C(=O)NCc1ccc(F)c(CO)c1. The molecule has 0 radical (unpaired) electrons. The van der Waals surface area contributed by atoms with Crippen LogP contribution in [-0.4, -0.2) is 34.4 Å². The Morgan fingerprint density at radius 3 is 2.87 bits per heavy atom. The minimum Gasteiger partial charge on any atom is -0.392 e. The van der Waals surface area contributed by atoms with Gasteiger partial charge in [0.15, 0.2) is 0 Å². The van der Waals surface area contributed by atoms with Gasteiger partial charge in [0, 0.05) is 25.1 Å². The van der Waals surface area contributed by atoms with Crippen molar-refractivity contribution in [3.05, 3.63) is 35.1 Å². The highest BCUT2D eigenvalue weighted by atomic mass is 19.1. The first kappa shape index (κ1) is 17.4. The second kappa shape index (κ2) is 8.06. The first-order valence-electron chi connectivity index (χ1n) is 8.02. The summed E-state index contributed by atoms with van der Waals surface area (Å²) in [5.41, 5.74) is 0.921. The third-order valence-electron chi connectivity index (χ3n) is 4.18. The van der Waals surface area contributed by atoms with Gasteiger partial charge in [0.25, 0.3) is 0 Å². The van der Waals surface area contributed by atoms with Crippen LogP contribution in [0.4, 0.5) is 4.39 Å². The molecule has 1 aliphatic rings. The number of likely N-dealkylation sites (tertiary alicyclic amines) is 1. The predicted molar refractivity (Wildman–Crippen MR) is 83.8 cm³/mol. The third kappa shape index (κ3) is 4.28. The second-order valence-corrected chi connectivity index (χ2v) is 5.75. The number of piperidine rings is 1. The molecule has 126 valence electrons. The van der Waals surface area contributed by atoms with E-state index in [1.54, 1.807) is 17.9 Å². The van der Waals surface area contributed by atoms with Gasteiger partial charge < -0.3 is 15.3 Å². The van der Waals surface area contributed by atoms with Crippen LogP contribution in [-0.2, 0) is 22.7 Å². The van der Waals surface area contributed by atoms with Gasteiger partial charge in [0.2, 0.25) is 11.8 Å². The molecular formula is C17H23FN2O3. The Balaban J connectivity index is 1.99. The van der Waals surface area contributed by atoms with Gasteiger partial charge in [-0.05, 0) is 37.0 Å². The summed E-state index contributed by atoms with van der Waals surface area (Å²) in [4.78, 5) is 26.0. The smallest absolute Gasteiger partial charge is 0.243 e.